The van der Waals surface area contributed by atoms with Gasteiger partial charge >= 0.3 is 0 Å². The highest BCUT2D eigenvalue weighted by molar-refractivity contribution is 9.10. The SMILES string of the molecule is CNC(Cc1cccc(C)c1)c1ccc(Br)o1. The second kappa shape index (κ2) is 5.52. The zero-order valence-electron chi connectivity index (χ0n) is 10.0. The van der Waals surface area contributed by atoms with Crippen molar-refractivity contribution in [2.75, 3.05) is 7.05 Å². The van der Waals surface area contributed by atoms with Gasteiger partial charge in [0.1, 0.15) is 5.76 Å². The van der Waals surface area contributed by atoms with E-state index in [0.717, 1.165) is 16.9 Å². The molecule has 0 saturated heterocycles. The zero-order chi connectivity index (χ0) is 12.3. The minimum atomic E-state index is 0.211. The molecule has 0 amide bonds. The highest BCUT2D eigenvalue weighted by Gasteiger charge is 2.13. The topological polar surface area (TPSA) is 25.2 Å². The number of aryl methyl sites for hydroxylation is 1. The van der Waals surface area contributed by atoms with E-state index in [0.29, 0.717) is 0 Å². The fourth-order valence-corrected chi connectivity index (χ4v) is 2.25. The Hall–Kier alpha value is -1.06. The molecular weight excluding hydrogens is 278 g/mol. The highest BCUT2D eigenvalue weighted by Crippen LogP contribution is 2.23. The molecule has 0 bridgehead atoms. The molecule has 1 aromatic heterocycles. The van der Waals surface area contributed by atoms with Crippen LogP contribution in [0.25, 0.3) is 0 Å². The van der Waals surface area contributed by atoms with E-state index >= 15 is 0 Å². The Morgan fingerprint density at radius 1 is 1.29 bits per heavy atom. The van der Waals surface area contributed by atoms with Gasteiger partial charge in [-0.25, -0.2) is 0 Å². The third-order valence-electron chi connectivity index (χ3n) is 2.81. The molecule has 1 aromatic carbocycles. The maximum Gasteiger partial charge on any atom is 0.169 e. The molecule has 2 nitrogen and oxygen atoms in total. The molecule has 17 heavy (non-hydrogen) atoms. The van der Waals surface area contributed by atoms with Crippen LogP contribution >= 0.6 is 15.9 Å². The first-order chi connectivity index (χ1) is 8.19. The average Bonchev–Trinajstić information content (AvgIpc) is 2.73. The maximum atomic E-state index is 5.59. The van der Waals surface area contributed by atoms with E-state index < -0.39 is 0 Å². The van der Waals surface area contributed by atoms with Gasteiger partial charge in [0.25, 0.3) is 0 Å². The van der Waals surface area contributed by atoms with Crippen molar-refractivity contribution in [2.45, 2.75) is 19.4 Å². The fourth-order valence-electron chi connectivity index (χ4n) is 1.94. The van der Waals surface area contributed by atoms with Gasteiger partial charge in [0.15, 0.2) is 4.67 Å². The average molecular weight is 294 g/mol. The monoisotopic (exact) mass is 293 g/mol. The Morgan fingerprint density at radius 2 is 2.12 bits per heavy atom. The number of halogens is 1. The van der Waals surface area contributed by atoms with Gasteiger partial charge in [-0.2, -0.15) is 0 Å². The van der Waals surface area contributed by atoms with Crippen molar-refractivity contribution in [3.63, 3.8) is 0 Å². The molecule has 0 saturated carbocycles. The Labute approximate surface area is 110 Å². The Morgan fingerprint density at radius 3 is 2.71 bits per heavy atom. The normalized spacial score (nSPS) is 12.6. The predicted molar refractivity (Wildman–Crippen MR) is 73.1 cm³/mol. The van der Waals surface area contributed by atoms with Gasteiger partial charge in [0.2, 0.25) is 0 Å². The molecule has 0 aliphatic carbocycles. The van der Waals surface area contributed by atoms with Gasteiger partial charge in [-0.05, 0) is 54.0 Å². The fraction of sp³-hybridized carbons (Fsp3) is 0.286. The van der Waals surface area contributed by atoms with Gasteiger partial charge in [0.05, 0.1) is 6.04 Å². The van der Waals surface area contributed by atoms with E-state index in [9.17, 15) is 0 Å². The molecule has 1 atom stereocenters. The van der Waals surface area contributed by atoms with Crippen molar-refractivity contribution in [1.29, 1.82) is 0 Å². The molecule has 1 unspecified atom stereocenters. The molecule has 0 aliphatic rings. The van der Waals surface area contributed by atoms with Crippen molar-refractivity contribution in [3.05, 3.63) is 58.0 Å². The van der Waals surface area contributed by atoms with Crippen LogP contribution in [-0.2, 0) is 6.42 Å². The summed E-state index contributed by atoms with van der Waals surface area (Å²) in [6.07, 6.45) is 0.929. The lowest BCUT2D eigenvalue weighted by molar-refractivity contribution is 0.416. The summed E-state index contributed by atoms with van der Waals surface area (Å²) in [6, 6.07) is 12.7. The van der Waals surface area contributed by atoms with Gasteiger partial charge in [-0.15, -0.1) is 0 Å². The number of likely N-dealkylation sites (N-methyl/N-ethyl adjacent to an activating group) is 1. The molecule has 1 N–H and O–H groups in total. The standard InChI is InChI=1S/C14H16BrNO/c1-10-4-3-5-11(8-10)9-12(16-2)13-6-7-14(15)17-13/h3-8,12,16H,9H2,1-2H3. The second-order valence-electron chi connectivity index (χ2n) is 4.18. The van der Waals surface area contributed by atoms with Gasteiger partial charge in [-0.3, -0.25) is 0 Å². The number of benzene rings is 1. The molecule has 3 heteroatoms. The highest BCUT2D eigenvalue weighted by atomic mass is 79.9. The molecule has 2 rings (SSSR count). The van der Waals surface area contributed by atoms with Crippen LogP contribution in [0.3, 0.4) is 0 Å². The molecule has 90 valence electrons. The first-order valence-electron chi connectivity index (χ1n) is 5.67. The summed E-state index contributed by atoms with van der Waals surface area (Å²) in [5.74, 6) is 0.959. The lowest BCUT2D eigenvalue weighted by atomic mass is 10.0. The summed E-state index contributed by atoms with van der Waals surface area (Å²) in [5, 5.41) is 3.29. The summed E-state index contributed by atoms with van der Waals surface area (Å²) in [4.78, 5) is 0. The summed E-state index contributed by atoms with van der Waals surface area (Å²) in [7, 11) is 1.96. The van der Waals surface area contributed by atoms with Crippen LogP contribution < -0.4 is 5.32 Å². The van der Waals surface area contributed by atoms with Crippen molar-refractivity contribution in [1.82, 2.24) is 5.32 Å². The van der Waals surface area contributed by atoms with E-state index in [-0.39, 0.29) is 6.04 Å². The second-order valence-corrected chi connectivity index (χ2v) is 4.96. The summed E-state index contributed by atoms with van der Waals surface area (Å²) in [5.41, 5.74) is 2.61. The first-order valence-corrected chi connectivity index (χ1v) is 6.46. The van der Waals surface area contributed by atoms with Crippen LogP contribution in [0, 0.1) is 6.92 Å². The molecule has 0 aliphatic heterocycles. The zero-order valence-corrected chi connectivity index (χ0v) is 11.6. The molecular formula is C14H16BrNO. The molecule has 1 heterocycles. The van der Waals surface area contributed by atoms with Crippen LogP contribution in [0.1, 0.15) is 22.9 Å². The number of hydrogen-bond donors (Lipinski definition) is 1. The molecule has 0 fully saturated rings. The minimum Gasteiger partial charge on any atom is -0.453 e. The van der Waals surface area contributed by atoms with Crippen LogP contribution in [0.5, 0.6) is 0 Å². The van der Waals surface area contributed by atoms with Crippen LogP contribution in [0.2, 0.25) is 0 Å². The van der Waals surface area contributed by atoms with E-state index in [1.54, 1.807) is 0 Å². The van der Waals surface area contributed by atoms with Gasteiger partial charge in [0, 0.05) is 0 Å². The van der Waals surface area contributed by atoms with Gasteiger partial charge in [-0.1, -0.05) is 29.8 Å². The Balaban J connectivity index is 2.15. The summed E-state index contributed by atoms with van der Waals surface area (Å²) in [6.45, 7) is 2.11. The molecule has 0 radical (unpaired) electrons. The number of rotatable bonds is 4. The van der Waals surface area contributed by atoms with E-state index in [1.165, 1.54) is 11.1 Å². The number of furan rings is 1. The van der Waals surface area contributed by atoms with Crippen molar-refractivity contribution >= 4 is 15.9 Å². The van der Waals surface area contributed by atoms with Gasteiger partial charge < -0.3 is 9.73 Å². The minimum absolute atomic E-state index is 0.211. The van der Waals surface area contributed by atoms with E-state index in [4.69, 9.17) is 4.42 Å². The number of hydrogen-bond acceptors (Lipinski definition) is 2. The van der Waals surface area contributed by atoms with E-state index in [2.05, 4.69) is 52.4 Å². The third kappa shape index (κ3) is 3.20. The number of nitrogens with one attached hydrogen (secondary N) is 1. The summed E-state index contributed by atoms with van der Waals surface area (Å²) < 4.78 is 6.37. The van der Waals surface area contributed by atoms with E-state index in [1.807, 2.05) is 19.2 Å². The van der Waals surface area contributed by atoms with Crippen LogP contribution in [0.4, 0.5) is 0 Å². The largest absolute Gasteiger partial charge is 0.453 e. The predicted octanol–water partition coefficient (Wildman–Crippen LogP) is 3.85. The third-order valence-corrected chi connectivity index (χ3v) is 3.23. The van der Waals surface area contributed by atoms with Crippen molar-refractivity contribution in [2.24, 2.45) is 0 Å². The maximum absolute atomic E-state index is 5.59. The Bertz CT molecular complexity index is 492. The smallest absolute Gasteiger partial charge is 0.169 e. The quantitative estimate of drug-likeness (QED) is 0.926. The first kappa shape index (κ1) is 12.4. The Kier molecular flexibility index (Phi) is 4.02. The van der Waals surface area contributed by atoms with Crippen LogP contribution in [0.15, 0.2) is 45.5 Å². The lowest BCUT2D eigenvalue weighted by Crippen LogP contribution is -2.18. The van der Waals surface area contributed by atoms with Crippen molar-refractivity contribution in [3.8, 4) is 0 Å². The lowest BCUT2D eigenvalue weighted by Gasteiger charge is -2.13. The van der Waals surface area contributed by atoms with Crippen molar-refractivity contribution < 1.29 is 4.42 Å². The molecule has 0 spiro atoms. The summed E-state index contributed by atoms with van der Waals surface area (Å²) >= 11 is 3.33. The molecule has 2 aromatic rings. The van der Waals surface area contributed by atoms with Crippen LogP contribution in [-0.4, -0.2) is 7.05 Å².